The van der Waals surface area contributed by atoms with Crippen molar-refractivity contribution in [2.24, 2.45) is 0 Å². The van der Waals surface area contributed by atoms with E-state index in [0.29, 0.717) is 16.8 Å². The Morgan fingerprint density at radius 2 is 2.00 bits per heavy atom. The van der Waals surface area contributed by atoms with Gasteiger partial charge in [0.25, 0.3) is 6.54 Å². The molecule has 0 unspecified atom stereocenters. The minimum Gasteiger partial charge on any atom is -0.444 e. The molecule has 5 nitrogen and oxygen atoms in total. The Kier molecular flexibility index (Phi) is 4.87. The number of benzene rings is 1. The van der Waals surface area contributed by atoms with E-state index in [2.05, 4.69) is 10.2 Å². The predicted molar refractivity (Wildman–Crippen MR) is 76.8 cm³/mol. The number of hydrogen-bond acceptors (Lipinski definition) is 3. The lowest BCUT2D eigenvalue weighted by atomic mass is 10.0. The van der Waals surface area contributed by atoms with Crippen molar-refractivity contribution in [1.82, 2.24) is 0 Å². The van der Waals surface area contributed by atoms with Crippen LogP contribution in [0.25, 0.3) is 4.85 Å². The molecule has 0 spiro atoms. The van der Waals surface area contributed by atoms with E-state index in [4.69, 9.17) is 11.3 Å². The lowest BCUT2D eigenvalue weighted by Gasteiger charge is -2.19. The van der Waals surface area contributed by atoms with Gasteiger partial charge in [-0.1, -0.05) is 0 Å². The van der Waals surface area contributed by atoms with Crippen molar-refractivity contribution in [1.29, 1.82) is 0 Å². The summed E-state index contributed by atoms with van der Waals surface area (Å²) < 4.78 is 5.14. The van der Waals surface area contributed by atoms with Crippen molar-refractivity contribution in [2.45, 2.75) is 33.3 Å². The molecule has 0 radical (unpaired) electrons. The summed E-state index contributed by atoms with van der Waals surface area (Å²) in [5, 5.41) is 2.60. The van der Waals surface area contributed by atoms with Crippen molar-refractivity contribution in [2.75, 3.05) is 11.9 Å². The van der Waals surface area contributed by atoms with Gasteiger partial charge < -0.3 is 9.58 Å². The zero-order chi connectivity index (χ0) is 15.3. The average Bonchev–Trinajstić information content (AvgIpc) is 2.26. The second kappa shape index (κ2) is 6.20. The number of Topliss-reactive ketones (excluding diaryl/α,β-unsaturated/α-hetero) is 1. The molecule has 1 N–H and O–H groups in total. The Balaban J connectivity index is 2.81. The van der Waals surface area contributed by atoms with Crippen LogP contribution in [0.2, 0.25) is 0 Å². The molecule has 0 aliphatic heterocycles. The van der Waals surface area contributed by atoms with Crippen molar-refractivity contribution < 1.29 is 14.3 Å². The topological polar surface area (TPSA) is 59.8 Å². The molecule has 0 atom stereocenters. The van der Waals surface area contributed by atoms with E-state index >= 15 is 0 Å². The summed E-state index contributed by atoms with van der Waals surface area (Å²) in [5.41, 5.74) is 1.20. The van der Waals surface area contributed by atoms with Crippen LogP contribution in [-0.2, 0) is 4.74 Å². The molecule has 0 aromatic heterocycles. The Morgan fingerprint density at radius 3 is 2.50 bits per heavy atom. The first-order chi connectivity index (χ1) is 9.23. The quantitative estimate of drug-likeness (QED) is 0.678. The third kappa shape index (κ3) is 4.73. The van der Waals surface area contributed by atoms with Crippen LogP contribution in [0.4, 0.5) is 10.5 Å². The summed E-state index contributed by atoms with van der Waals surface area (Å²) in [6.45, 7) is 13.6. The van der Waals surface area contributed by atoms with Crippen LogP contribution in [0.5, 0.6) is 0 Å². The molecule has 1 aromatic rings. The van der Waals surface area contributed by atoms with E-state index in [0.717, 1.165) is 0 Å². The average molecular weight is 274 g/mol. The molecule has 0 heterocycles. The van der Waals surface area contributed by atoms with E-state index < -0.39 is 11.7 Å². The largest absolute Gasteiger partial charge is 0.444 e. The maximum atomic E-state index is 11.7. The van der Waals surface area contributed by atoms with Crippen molar-refractivity contribution in [3.8, 4) is 0 Å². The SMILES string of the molecule is [C-]#[N+]CC(=O)c1ccc(NC(=O)OC(C)(C)C)cc1C. The second-order valence-electron chi connectivity index (χ2n) is 5.40. The molecule has 0 saturated heterocycles. The van der Waals surface area contributed by atoms with Gasteiger partial charge in [0.05, 0.1) is 0 Å². The van der Waals surface area contributed by atoms with Crippen LogP contribution in [0.15, 0.2) is 18.2 Å². The van der Waals surface area contributed by atoms with Crippen LogP contribution in [0, 0.1) is 13.5 Å². The summed E-state index contributed by atoms with van der Waals surface area (Å²) in [5.74, 6) is -0.221. The van der Waals surface area contributed by atoms with Crippen LogP contribution >= 0.6 is 0 Å². The van der Waals surface area contributed by atoms with E-state index in [9.17, 15) is 9.59 Å². The zero-order valence-corrected chi connectivity index (χ0v) is 12.1. The molecule has 0 saturated carbocycles. The van der Waals surface area contributed by atoms with E-state index in [1.54, 1.807) is 45.9 Å². The molecular formula is C15H18N2O3. The normalized spacial score (nSPS) is 10.6. The van der Waals surface area contributed by atoms with Gasteiger partial charge in [-0.25, -0.2) is 11.4 Å². The number of amides is 1. The fourth-order valence-electron chi connectivity index (χ4n) is 1.63. The van der Waals surface area contributed by atoms with Crippen molar-refractivity contribution in [3.63, 3.8) is 0 Å². The maximum Gasteiger partial charge on any atom is 0.412 e. The van der Waals surface area contributed by atoms with Crippen LogP contribution in [0.1, 0.15) is 36.7 Å². The molecular weight excluding hydrogens is 256 g/mol. The number of anilines is 1. The number of ketones is 1. The lowest BCUT2D eigenvalue weighted by Crippen LogP contribution is -2.27. The van der Waals surface area contributed by atoms with Gasteiger partial charge in [0.15, 0.2) is 0 Å². The molecule has 0 aliphatic rings. The molecule has 0 fully saturated rings. The highest BCUT2D eigenvalue weighted by atomic mass is 16.6. The molecule has 1 aromatic carbocycles. The minimum absolute atomic E-state index is 0.167. The van der Waals surface area contributed by atoms with Gasteiger partial charge in [-0.05, 0) is 51.5 Å². The highest BCUT2D eigenvalue weighted by Crippen LogP contribution is 2.17. The van der Waals surface area contributed by atoms with Gasteiger partial charge in [0, 0.05) is 11.3 Å². The number of aryl methyl sites for hydroxylation is 1. The molecule has 20 heavy (non-hydrogen) atoms. The second-order valence-corrected chi connectivity index (χ2v) is 5.40. The molecule has 1 rings (SSSR count). The highest BCUT2D eigenvalue weighted by molar-refractivity contribution is 6.00. The minimum atomic E-state index is -0.565. The monoisotopic (exact) mass is 274 g/mol. The van der Waals surface area contributed by atoms with Gasteiger partial charge in [-0.15, -0.1) is 0 Å². The number of nitrogens with one attached hydrogen (secondary N) is 1. The number of ether oxygens (including phenoxy) is 1. The van der Waals surface area contributed by atoms with E-state index in [1.807, 2.05) is 0 Å². The Labute approximate surface area is 118 Å². The summed E-state index contributed by atoms with van der Waals surface area (Å²) in [7, 11) is 0. The maximum absolute atomic E-state index is 11.7. The van der Waals surface area contributed by atoms with Crippen LogP contribution in [-0.4, -0.2) is 24.0 Å². The fourth-order valence-corrected chi connectivity index (χ4v) is 1.63. The summed E-state index contributed by atoms with van der Waals surface area (Å²) in [6, 6.07) is 4.91. The summed E-state index contributed by atoms with van der Waals surface area (Å²) in [4.78, 5) is 26.4. The smallest absolute Gasteiger partial charge is 0.412 e. The lowest BCUT2D eigenvalue weighted by molar-refractivity contribution is 0.0636. The third-order valence-corrected chi connectivity index (χ3v) is 2.39. The fraction of sp³-hybridized carbons (Fsp3) is 0.400. The third-order valence-electron chi connectivity index (χ3n) is 2.39. The first-order valence-corrected chi connectivity index (χ1v) is 6.20. The first kappa shape index (κ1) is 15.7. The molecule has 0 bridgehead atoms. The number of hydrogen-bond donors (Lipinski definition) is 1. The van der Waals surface area contributed by atoms with Gasteiger partial charge in [0.2, 0.25) is 5.78 Å². The van der Waals surface area contributed by atoms with Crippen molar-refractivity contribution in [3.05, 3.63) is 40.7 Å². The van der Waals surface area contributed by atoms with Crippen molar-refractivity contribution >= 4 is 17.6 Å². The standard InChI is InChI=1S/C15H18N2O3/c1-10-8-11(17-14(19)20-15(2,3)4)6-7-12(10)13(18)9-16-5/h6-8H,9H2,1-4H3,(H,17,19). The Morgan fingerprint density at radius 1 is 1.35 bits per heavy atom. The summed E-state index contributed by atoms with van der Waals surface area (Å²) in [6.07, 6.45) is -0.544. The molecule has 1 amide bonds. The first-order valence-electron chi connectivity index (χ1n) is 6.20. The van der Waals surface area contributed by atoms with Gasteiger partial charge in [-0.3, -0.25) is 10.1 Å². The van der Waals surface area contributed by atoms with E-state index in [-0.39, 0.29) is 12.3 Å². The number of nitrogens with zero attached hydrogens (tertiary/aromatic N) is 1. The molecule has 106 valence electrons. The molecule has 0 aliphatic carbocycles. The zero-order valence-electron chi connectivity index (χ0n) is 12.1. The number of carbonyl (C=O) groups excluding carboxylic acids is 2. The summed E-state index contributed by atoms with van der Waals surface area (Å²) >= 11 is 0. The Hall–Kier alpha value is -2.35. The van der Waals surface area contributed by atoms with Gasteiger partial charge >= 0.3 is 6.09 Å². The predicted octanol–water partition coefficient (Wildman–Crippen LogP) is 3.44. The van der Waals surface area contributed by atoms with E-state index in [1.165, 1.54) is 0 Å². The van der Waals surface area contributed by atoms with Crippen LogP contribution < -0.4 is 5.32 Å². The Bertz CT molecular complexity index is 565. The number of rotatable bonds is 3. The van der Waals surface area contributed by atoms with Gasteiger partial charge in [-0.2, -0.15) is 0 Å². The van der Waals surface area contributed by atoms with Crippen LogP contribution in [0.3, 0.4) is 0 Å². The number of carbonyl (C=O) groups is 2. The molecule has 5 heteroatoms. The van der Waals surface area contributed by atoms with Gasteiger partial charge in [0.1, 0.15) is 5.60 Å². The highest BCUT2D eigenvalue weighted by Gasteiger charge is 2.17.